The molecule has 0 radical (unpaired) electrons. The summed E-state index contributed by atoms with van der Waals surface area (Å²) < 4.78 is 5.78. The summed E-state index contributed by atoms with van der Waals surface area (Å²) in [5.41, 5.74) is 7.36. The molecule has 0 spiro atoms. The van der Waals surface area contributed by atoms with E-state index in [1.54, 1.807) is 0 Å². The predicted octanol–water partition coefficient (Wildman–Crippen LogP) is 2.57. The molecular formula is C16H24N2O. The molecule has 2 N–H and O–H groups in total. The lowest BCUT2D eigenvalue weighted by Gasteiger charge is -2.44. The van der Waals surface area contributed by atoms with Crippen molar-refractivity contribution in [3.63, 3.8) is 0 Å². The topological polar surface area (TPSA) is 38.5 Å². The van der Waals surface area contributed by atoms with E-state index in [0.29, 0.717) is 12.1 Å². The van der Waals surface area contributed by atoms with Crippen molar-refractivity contribution in [2.75, 3.05) is 19.7 Å². The molecule has 3 atom stereocenters. The van der Waals surface area contributed by atoms with Gasteiger partial charge in [-0.05, 0) is 31.4 Å². The average molecular weight is 260 g/mol. The van der Waals surface area contributed by atoms with E-state index in [9.17, 15) is 0 Å². The molecule has 0 bridgehead atoms. The number of likely N-dealkylation sites (tertiary alicyclic amines) is 1. The molecule has 0 aliphatic carbocycles. The van der Waals surface area contributed by atoms with Crippen molar-refractivity contribution >= 4 is 0 Å². The Bertz CT molecular complexity index is 435. The van der Waals surface area contributed by atoms with Crippen molar-refractivity contribution < 1.29 is 4.74 Å². The first-order valence-corrected chi connectivity index (χ1v) is 7.47. The van der Waals surface area contributed by atoms with Gasteiger partial charge >= 0.3 is 0 Å². The highest BCUT2D eigenvalue weighted by Crippen LogP contribution is 2.39. The number of nitrogens with two attached hydrogens (primary N) is 1. The van der Waals surface area contributed by atoms with Crippen LogP contribution in [0.1, 0.15) is 37.8 Å². The van der Waals surface area contributed by atoms with Gasteiger partial charge in [-0.1, -0.05) is 25.1 Å². The van der Waals surface area contributed by atoms with Crippen LogP contribution in [-0.2, 0) is 0 Å². The first-order chi connectivity index (χ1) is 9.29. The third-order valence-electron chi connectivity index (χ3n) is 4.62. The zero-order valence-corrected chi connectivity index (χ0v) is 11.7. The summed E-state index contributed by atoms with van der Waals surface area (Å²) in [7, 11) is 0. The van der Waals surface area contributed by atoms with Crippen molar-refractivity contribution in [1.29, 1.82) is 0 Å². The summed E-state index contributed by atoms with van der Waals surface area (Å²) in [6.07, 6.45) is 3.61. The molecule has 0 amide bonds. The fourth-order valence-corrected chi connectivity index (χ4v) is 3.58. The van der Waals surface area contributed by atoms with Gasteiger partial charge in [-0.15, -0.1) is 0 Å². The van der Waals surface area contributed by atoms with Gasteiger partial charge in [0.05, 0.1) is 6.61 Å². The first-order valence-electron chi connectivity index (χ1n) is 7.47. The third kappa shape index (κ3) is 2.49. The lowest BCUT2D eigenvalue weighted by Crippen LogP contribution is -2.48. The van der Waals surface area contributed by atoms with Crippen LogP contribution in [0.4, 0.5) is 0 Å². The maximum atomic E-state index is 6.01. The average Bonchev–Trinajstić information content (AvgIpc) is 2.46. The van der Waals surface area contributed by atoms with Crippen molar-refractivity contribution in [3.05, 3.63) is 29.8 Å². The summed E-state index contributed by atoms with van der Waals surface area (Å²) in [5, 5.41) is 0. The van der Waals surface area contributed by atoms with Crippen molar-refractivity contribution in [3.8, 4) is 5.75 Å². The molecule has 104 valence electrons. The number of ether oxygens (including phenoxy) is 1. The van der Waals surface area contributed by atoms with Gasteiger partial charge in [0.15, 0.2) is 0 Å². The highest BCUT2D eigenvalue weighted by atomic mass is 16.5. The molecule has 3 nitrogen and oxygen atoms in total. The second-order valence-corrected chi connectivity index (χ2v) is 5.95. The number of rotatable bonds is 2. The number of hydrogen-bond acceptors (Lipinski definition) is 3. The Balaban J connectivity index is 1.86. The summed E-state index contributed by atoms with van der Waals surface area (Å²) >= 11 is 0. The Hall–Kier alpha value is -1.06. The Morgan fingerprint density at radius 1 is 1.32 bits per heavy atom. The molecule has 1 aromatic carbocycles. The number of fused-ring (bicyclic) bond motifs is 1. The Labute approximate surface area is 115 Å². The summed E-state index contributed by atoms with van der Waals surface area (Å²) in [6, 6.07) is 9.49. The minimum absolute atomic E-state index is 0.492. The molecule has 3 rings (SSSR count). The summed E-state index contributed by atoms with van der Waals surface area (Å²) in [4.78, 5) is 2.63. The summed E-state index contributed by atoms with van der Waals surface area (Å²) in [6.45, 7) is 5.11. The fraction of sp³-hybridized carbons (Fsp3) is 0.625. The lowest BCUT2D eigenvalue weighted by atomic mass is 9.88. The fourth-order valence-electron chi connectivity index (χ4n) is 3.58. The summed E-state index contributed by atoms with van der Waals surface area (Å²) in [5.74, 6) is 1.87. The van der Waals surface area contributed by atoms with Crippen LogP contribution in [0.5, 0.6) is 5.75 Å². The Morgan fingerprint density at radius 2 is 2.16 bits per heavy atom. The van der Waals surface area contributed by atoms with Gasteiger partial charge in [0, 0.05) is 30.6 Å². The maximum absolute atomic E-state index is 6.01. The monoisotopic (exact) mass is 260 g/mol. The molecule has 2 aliphatic rings. The molecule has 0 saturated carbocycles. The molecule has 3 unspecified atom stereocenters. The Kier molecular flexibility index (Phi) is 3.76. The number of nitrogens with zero attached hydrogens (tertiary/aromatic N) is 1. The second-order valence-electron chi connectivity index (χ2n) is 5.95. The second kappa shape index (κ2) is 5.51. The highest BCUT2D eigenvalue weighted by molar-refractivity contribution is 5.37. The predicted molar refractivity (Wildman–Crippen MR) is 77.2 cm³/mol. The third-order valence-corrected chi connectivity index (χ3v) is 4.62. The van der Waals surface area contributed by atoms with Crippen molar-refractivity contribution in [2.45, 2.75) is 38.3 Å². The Morgan fingerprint density at radius 3 is 3.00 bits per heavy atom. The van der Waals surface area contributed by atoms with Gasteiger partial charge in [-0.3, -0.25) is 4.90 Å². The molecule has 1 saturated heterocycles. The maximum Gasteiger partial charge on any atom is 0.124 e. The van der Waals surface area contributed by atoms with E-state index in [0.717, 1.165) is 31.2 Å². The van der Waals surface area contributed by atoms with E-state index in [2.05, 4.69) is 36.1 Å². The molecular weight excluding hydrogens is 236 g/mol. The minimum Gasteiger partial charge on any atom is -0.493 e. The molecule has 2 aliphatic heterocycles. The van der Waals surface area contributed by atoms with E-state index >= 15 is 0 Å². The van der Waals surface area contributed by atoms with Crippen molar-refractivity contribution in [2.24, 2.45) is 11.7 Å². The van der Waals surface area contributed by atoms with Gasteiger partial charge in [0.1, 0.15) is 5.75 Å². The smallest absolute Gasteiger partial charge is 0.124 e. The van der Waals surface area contributed by atoms with E-state index in [1.807, 2.05) is 0 Å². The van der Waals surface area contributed by atoms with Crippen LogP contribution in [0.15, 0.2) is 24.3 Å². The van der Waals surface area contributed by atoms with Gasteiger partial charge in [-0.2, -0.15) is 0 Å². The van der Waals surface area contributed by atoms with E-state index in [4.69, 9.17) is 10.5 Å². The van der Waals surface area contributed by atoms with E-state index < -0.39 is 0 Å². The lowest BCUT2D eigenvalue weighted by molar-refractivity contribution is 0.0535. The SMILES string of the molecule is CC1CCN(C2CCOc3ccccc32)C(CN)C1. The standard InChI is InChI=1S/C16H24N2O/c1-12-6-8-18(13(10-12)11-17)15-7-9-19-16-5-3-2-4-14(15)16/h2-5,12-13,15H,6-11,17H2,1H3. The van der Waals surface area contributed by atoms with Crippen LogP contribution >= 0.6 is 0 Å². The normalized spacial score (nSPS) is 31.6. The molecule has 3 heteroatoms. The van der Waals surface area contributed by atoms with Crippen LogP contribution in [0.25, 0.3) is 0 Å². The van der Waals surface area contributed by atoms with Crippen LogP contribution in [0.3, 0.4) is 0 Å². The van der Waals surface area contributed by atoms with Crippen LogP contribution < -0.4 is 10.5 Å². The van der Waals surface area contributed by atoms with E-state index in [1.165, 1.54) is 24.9 Å². The number of para-hydroxylation sites is 1. The van der Waals surface area contributed by atoms with Crippen LogP contribution in [0.2, 0.25) is 0 Å². The quantitative estimate of drug-likeness (QED) is 0.888. The molecule has 1 aromatic rings. The number of piperidine rings is 1. The largest absolute Gasteiger partial charge is 0.493 e. The molecule has 2 heterocycles. The zero-order chi connectivity index (χ0) is 13.2. The van der Waals surface area contributed by atoms with Crippen LogP contribution in [-0.4, -0.2) is 30.6 Å². The van der Waals surface area contributed by atoms with E-state index in [-0.39, 0.29) is 0 Å². The minimum atomic E-state index is 0.492. The first kappa shape index (κ1) is 12.9. The molecule has 19 heavy (non-hydrogen) atoms. The zero-order valence-electron chi connectivity index (χ0n) is 11.7. The molecule has 1 fully saturated rings. The molecule has 0 aromatic heterocycles. The van der Waals surface area contributed by atoms with Gasteiger partial charge in [0.2, 0.25) is 0 Å². The number of benzene rings is 1. The van der Waals surface area contributed by atoms with Crippen molar-refractivity contribution in [1.82, 2.24) is 4.90 Å². The highest BCUT2D eigenvalue weighted by Gasteiger charge is 2.34. The van der Waals surface area contributed by atoms with Gasteiger partial charge in [0.25, 0.3) is 0 Å². The van der Waals surface area contributed by atoms with Gasteiger partial charge < -0.3 is 10.5 Å². The van der Waals surface area contributed by atoms with Gasteiger partial charge in [-0.25, -0.2) is 0 Å². The van der Waals surface area contributed by atoms with Crippen LogP contribution in [0, 0.1) is 5.92 Å². The number of hydrogen-bond donors (Lipinski definition) is 1.